The molecule has 0 spiro atoms. The lowest BCUT2D eigenvalue weighted by Gasteiger charge is -2.41. The van der Waals surface area contributed by atoms with Gasteiger partial charge < -0.3 is 19.5 Å². The van der Waals surface area contributed by atoms with Gasteiger partial charge in [0.15, 0.2) is 0 Å². The summed E-state index contributed by atoms with van der Waals surface area (Å²) < 4.78 is 20.8. The highest BCUT2D eigenvalue weighted by atomic mass is 19.1. The zero-order valence-electron chi connectivity index (χ0n) is 19.6. The van der Waals surface area contributed by atoms with Crippen LogP contribution in [0.2, 0.25) is 0 Å². The molecule has 5 rings (SSSR count). The Morgan fingerprint density at radius 3 is 2.49 bits per heavy atom. The first-order valence-corrected chi connectivity index (χ1v) is 11.5. The van der Waals surface area contributed by atoms with E-state index in [0.29, 0.717) is 30.0 Å². The number of ether oxygens (including phenoxy) is 1. The van der Waals surface area contributed by atoms with Crippen LogP contribution >= 0.6 is 0 Å². The van der Waals surface area contributed by atoms with E-state index in [1.807, 2.05) is 54.2 Å². The minimum absolute atomic E-state index is 0.138. The van der Waals surface area contributed by atoms with Gasteiger partial charge in [-0.25, -0.2) is 4.39 Å². The molecule has 6 nitrogen and oxygen atoms in total. The summed E-state index contributed by atoms with van der Waals surface area (Å²) in [6.07, 6.45) is 1.99. The summed E-state index contributed by atoms with van der Waals surface area (Å²) in [7, 11) is 3.55. The van der Waals surface area contributed by atoms with Crippen molar-refractivity contribution in [3.63, 3.8) is 0 Å². The van der Waals surface area contributed by atoms with Crippen molar-refractivity contribution < 1.29 is 18.7 Å². The summed E-state index contributed by atoms with van der Waals surface area (Å²) in [5.41, 5.74) is 3.56. The van der Waals surface area contributed by atoms with Gasteiger partial charge in [-0.05, 0) is 42.0 Å². The Kier molecular flexibility index (Phi) is 6.09. The Morgan fingerprint density at radius 1 is 1.00 bits per heavy atom. The van der Waals surface area contributed by atoms with Crippen molar-refractivity contribution in [1.29, 1.82) is 0 Å². The number of methoxy groups -OCH3 is 1. The molecule has 1 aromatic heterocycles. The predicted octanol–water partition coefficient (Wildman–Crippen LogP) is 4.88. The Morgan fingerprint density at radius 2 is 1.71 bits per heavy atom. The molecule has 3 aromatic carbocycles. The third kappa shape index (κ3) is 4.08. The van der Waals surface area contributed by atoms with Crippen molar-refractivity contribution in [1.82, 2.24) is 9.47 Å². The number of amides is 2. The molecule has 0 saturated heterocycles. The van der Waals surface area contributed by atoms with Gasteiger partial charge in [0.2, 0.25) is 5.91 Å². The van der Waals surface area contributed by atoms with Crippen molar-refractivity contribution in [2.75, 3.05) is 25.6 Å². The molecular formula is C28H26FN3O3. The lowest BCUT2D eigenvalue weighted by molar-refractivity contribution is -0.119. The maximum Gasteiger partial charge on any atom is 0.254 e. The number of para-hydroxylation sites is 1. The van der Waals surface area contributed by atoms with Gasteiger partial charge in [-0.3, -0.25) is 9.59 Å². The van der Waals surface area contributed by atoms with E-state index < -0.39 is 12.0 Å². The largest absolute Gasteiger partial charge is 0.383 e. The van der Waals surface area contributed by atoms with Crippen LogP contribution in [0.15, 0.2) is 79.0 Å². The average molecular weight is 472 g/mol. The monoisotopic (exact) mass is 471 g/mol. The third-order valence-electron chi connectivity index (χ3n) is 6.62. The Bertz CT molecular complexity index is 1400. The molecule has 35 heavy (non-hydrogen) atoms. The number of rotatable bonds is 6. The molecule has 1 aliphatic rings. The number of anilines is 1. The van der Waals surface area contributed by atoms with Crippen LogP contribution in [0.1, 0.15) is 33.4 Å². The zero-order chi connectivity index (χ0) is 24.5. The van der Waals surface area contributed by atoms with Gasteiger partial charge in [0.05, 0.1) is 18.6 Å². The standard InChI is InChI=1S/C28H26FN3O3/c1-31-17-23(20-7-5-6-10-24(20)31)26-25(27(33)30-19-13-11-18(29)12-14-19)21-8-3-4-9-22(21)28(34)32(26)15-16-35-2/h3-14,17,25-26H,15-16H2,1-2H3,(H,30,33)/t25-,26-/m0/s1. The number of aryl methyl sites for hydroxylation is 1. The number of hydrogen-bond acceptors (Lipinski definition) is 3. The number of nitrogens with zero attached hydrogens (tertiary/aromatic N) is 2. The molecular weight excluding hydrogens is 445 g/mol. The van der Waals surface area contributed by atoms with Crippen LogP contribution in [0.5, 0.6) is 0 Å². The van der Waals surface area contributed by atoms with Gasteiger partial charge in [0.1, 0.15) is 5.82 Å². The average Bonchev–Trinajstić information content (AvgIpc) is 3.21. The first-order chi connectivity index (χ1) is 17.0. The number of carbonyl (C=O) groups excluding carboxylic acids is 2. The molecule has 1 N–H and O–H groups in total. The number of nitrogens with one attached hydrogen (secondary N) is 1. The van der Waals surface area contributed by atoms with Crippen molar-refractivity contribution in [2.24, 2.45) is 7.05 Å². The number of carbonyl (C=O) groups is 2. The molecule has 2 amide bonds. The number of benzene rings is 3. The molecule has 1 aliphatic heterocycles. The second kappa shape index (κ2) is 9.35. The number of halogens is 1. The van der Waals surface area contributed by atoms with Gasteiger partial charge in [0.25, 0.3) is 5.91 Å². The quantitative estimate of drug-likeness (QED) is 0.436. The lowest BCUT2D eigenvalue weighted by Crippen LogP contribution is -2.47. The van der Waals surface area contributed by atoms with Gasteiger partial charge >= 0.3 is 0 Å². The summed E-state index contributed by atoms with van der Waals surface area (Å²) >= 11 is 0. The van der Waals surface area contributed by atoms with E-state index in [1.165, 1.54) is 24.3 Å². The normalized spacial score (nSPS) is 17.5. The lowest BCUT2D eigenvalue weighted by atomic mass is 9.79. The minimum atomic E-state index is -0.684. The third-order valence-corrected chi connectivity index (χ3v) is 6.62. The fourth-order valence-corrected chi connectivity index (χ4v) is 5.02. The first-order valence-electron chi connectivity index (χ1n) is 11.5. The van der Waals surface area contributed by atoms with Crippen LogP contribution in [0.3, 0.4) is 0 Å². The molecule has 178 valence electrons. The number of fused-ring (bicyclic) bond motifs is 2. The summed E-state index contributed by atoms with van der Waals surface area (Å²) in [5.74, 6) is -1.47. The second-order valence-corrected chi connectivity index (χ2v) is 8.71. The number of aromatic nitrogens is 1. The maximum atomic E-state index is 13.9. The van der Waals surface area contributed by atoms with E-state index >= 15 is 0 Å². The first kappa shape index (κ1) is 22.8. The van der Waals surface area contributed by atoms with Crippen LogP contribution < -0.4 is 5.32 Å². The molecule has 0 aliphatic carbocycles. The van der Waals surface area contributed by atoms with Crippen molar-refractivity contribution >= 4 is 28.4 Å². The van der Waals surface area contributed by atoms with Crippen molar-refractivity contribution in [3.8, 4) is 0 Å². The molecule has 0 radical (unpaired) electrons. The van der Waals surface area contributed by atoms with Gasteiger partial charge in [-0.1, -0.05) is 36.4 Å². The highest BCUT2D eigenvalue weighted by Crippen LogP contribution is 2.45. The summed E-state index contributed by atoms with van der Waals surface area (Å²) in [4.78, 5) is 29.3. The highest BCUT2D eigenvalue weighted by molar-refractivity contribution is 6.05. The Balaban J connectivity index is 1.69. The van der Waals surface area contributed by atoms with Crippen molar-refractivity contribution in [2.45, 2.75) is 12.0 Å². The zero-order valence-corrected chi connectivity index (χ0v) is 19.6. The molecule has 0 saturated carbocycles. The van der Waals surface area contributed by atoms with Gasteiger partial charge in [0, 0.05) is 54.6 Å². The second-order valence-electron chi connectivity index (χ2n) is 8.71. The summed E-state index contributed by atoms with van der Waals surface area (Å²) in [6, 6.07) is 20.3. The van der Waals surface area contributed by atoms with Crippen LogP contribution in [0, 0.1) is 5.82 Å². The smallest absolute Gasteiger partial charge is 0.254 e. The molecule has 2 atom stereocenters. The van der Waals surface area contributed by atoms with E-state index in [9.17, 15) is 14.0 Å². The highest BCUT2D eigenvalue weighted by Gasteiger charge is 2.45. The topological polar surface area (TPSA) is 63.6 Å². The van der Waals surface area contributed by atoms with E-state index in [1.54, 1.807) is 24.1 Å². The molecule has 7 heteroatoms. The Labute approximate surface area is 202 Å². The van der Waals surface area contributed by atoms with E-state index in [4.69, 9.17) is 4.74 Å². The van der Waals surface area contributed by atoms with Gasteiger partial charge in [-0.15, -0.1) is 0 Å². The summed E-state index contributed by atoms with van der Waals surface area (Å²) in [5, 5.41) is 3.92. The van der Waals surface area contributed by atoms with Crippen molar-refractivity contribution in [3.05, 3.63) is 102 Å². The predicted molar refractivity (Wildman–Crippen MR) is 133 cm³/mol. The maximum absolute atomic E-state index is 13.9. The van der Waals surface area contributed by atoms with E-state index in [2.05, 4.69) is 5.32 Å². The van der Waals surface area contributed by atoms with E-state index in [-0.39, 0.29) is 17.6 Å². The SMILES string of the molecule is COCCN1C(=O)c2ccccc2[C@H](C(=O)Nc2ccc(F)cc2)[C@@H]1c1cn(C)c2ccccc12. The molecule has 0 fully saturated rings. The fourth-order valence-electron chi connectivity index (χ4n) is 5.02. The van der Waals surface area contributed by atoms with E-state index in [0.717, 1.165) is 16.5 Å². The van der Waals surface area contributed by atoms with Crippen LogP contribution in [0.25, 0.3) is 10.9 Å². The van der Waals surface area contributed by atoms with Crippen LogP contribution in [0.4, 0.5) is 10.1 Å². The van der Waals surface area contributed by atoms with Crippen LogP contribution in [-0.2, 0) is 16.6 Å². The number of hydrogen-bond donors (Lipinski definition) is 1. The van der Waals surface area contributed by atoms with Crippen LogP contribution in [-0.4, -0.2) is 41.5 Å². The molecule has 2 heterocycles. The Hall–Kier alpha value is -3.97. The minimum Gasteiger partial charge on any atom is -0.383 e. The summed E-state index contributed by atoms with van der Waals surface area (Å²) in [6.45, 7) is 0.666. The molecule has 0 bridgehead atoms. The van der Waals surface area contributed by atoms with Gasteiger partial charge in [-0.2, -0.15) is 0 Å². The molecule has 4 aromatic rings. The molecule has 0 unspecified atom stereocenters. The fraction of sp³-hybridized carbons (Fsp3) is 0.214.